The van der Waals surface area contributed by atoms with Crippen LogP contribution in [0.25, 0.3) is 0 Å². The normalized spacial score (nSPS) is 10.6. The minimum Gasteiger partial charge on any atom is -0.490 e. The average Bonchev–Trinajstić information content (AvgIpc) is 3.13. The molecule has 1 aromatic carbocycles. The Morgan fingerprint density at radius 1 is 1.17 bits per heavy atom. The van der Waals surface area contributed by atoms with Gasteiger partial charge >= 0.3 is 0 Å². The zero-order chi connectivity index (χ0) is 20.6. The second-order valence-corrected chi connectivity index (χ2v) is 7.10. The van der Waals surface area contributed by atoms with Crippen LogP contribution in [0.3, 0.4) is 0 Å². The van der Waals surface area contributed by atoms with E-state index in [4.69, 9.17) is 9.47 Å². The van der Waals surface area contributed by atoms with E-state index in [0.717, 1.165) is 15.6 Å². The number of pyridine rings is 1. The Labute approximate surface area is 178 Å². The predicted molar refractivity (Wildman–Crippen MR) is 114 cm³/mol. The quantitative estimate of drug-likeness (QED) is 0.522. The number of nitrogens with one attached hydrogen (secondary N) is 1. The van der Waals surface area contributed by atoms with Gasteiger partial charge in [-0.25, -0.2) is 0 Å². The van der Waals surface area contributed by atoms with Gasteiger partial charge in [0.2, 0.25) is 5.91 Å². The lowest BCUT2D eigenvalue weighted by atomic mass is 10.1. The third kappa shape index (κ3) is 5.80. The predicted octanol–water partition coefficient (Wildman–Crippen LogP) is 4.07. The molecule has 0 atom stereocenters. The van der Waals surface area contributed by atoms with Gasteiger partial charge in [0.15, 0.2) is 17.3 Å². The molecule has 2 aromatic heterocycles. The third-order valence-corrected chi connectivity index (χ3v) is 4.78. The monoisotopic (exact) mass is 458 g/mol. The molecule has 2 heterocycles. The molecule has 152 valence electrons. The average molecular weight is 459 g/mol. The van der Waals surface area contributed by atoms with Gasteiger partial charge in [0, 0.05) is 29.1 Å². The smallest absolute Gasteiger partial charge is 0.230 e. The van der Waals surface area contributed by atoms with Gasteiger partial charge in [0.05, 0.1) is 26.2 Å². The summed E-state index contributed by atoms with van der Waals surface area (Å²) in [6.07, 6.45) is 5.53. The van der Waals surface area contributed by atoms with Crippen LogP contribution in [0.5, 0.6) is 11.5 Å². The van der Waals surface area contributed by atoms with Crippen molar-refractivity contribution in [2.24, 2.45) is 0 Å². The molecule has 0 saturated carbocycles. The van der Waals surface area contributed by atoms with Gasteiger partial charge in [-0.3, -0.25) is 14.5 Å². The van der Waals surface area contributed by atoms with E-state index in [0.29, 0.717) is 37.1 Å². The van der Waals surface area contributed by atoms with E-state index >= 15 is 0 Å². The fourth-order valence-corrected chi connectivity index (χ4v) is 3.27. The molecule has 0 aliphatic heterocycles. The second kappa shape index (κ2) is 10.1. The molecule has 29 heavy (non-hydrogen) atoms. The van der Waals surface area contributed by atoms with Crippen molar-refractivity contribution in [3.8, 4) is 11.5 Å². The molecule has 7 nitrogen and oxygen atoms in total. The van der Waals surface area contributed by atoms with Gasteiger partial charge in [0.25, 0.3) is 0 Å². The standard InChI is InChI=1S/C21H23BrN4O3/c1-3-28-18-10-16(17(22)12-19(18)29-4-2)11-21(27)24-20-7-9-26(25-20)14-15-6-5-8-23-13-15/h5-10,12-13H,3-4,11,14H2,1-2H3,(H,24,25,27). The van der Waals surface area contributed by atoms with E-state index in [1.54, 1.807) is 23.1 Å². The van der Waals surface area contributed by atoms with Gasteiger partial charge in [0.1, 0.15) is 0 Å². The molecule has 0 aliphatic carbocycles. The topological polar surface area (TPSA) is 78.3 Å². The van der Waals surface area contributed by atoms with Crippen LogP contribution in [0.15, 0.2) is 53.4 Å². The highest BCUT2D eigenvalue weighted by Crippen LogP contribution is 2.34. The van der Waals surface area contributed by atoms with Crippen molar-refractivity contribution in [2.75, 3.05) is 18.5 Å². The van der Waals surface area contributed by atoms with Gasteiger partial charge in [-0.1, -0.05) is 22.0 Å². The van der Waals surface area contributed by atoms with E-state index < -0.39 is 0 Å². The van der Waals surface area contributed by atoms with Crippen LogP contribution in [-0.4, -0.2) is 33.9 Å². The van der Waals surface area contributed by atoms with Crippen molar-refractivity contribution >= 4 is 27.7 Å². The number of halogens is 1. The number of aromatic nitrogens is 3. The molecule has 0 radical (unpaired) electrons. The highest BCUT2D eigenvalue weighted by molar-refractivity contribution is 9.10. The zero-order valence-corrected chi connectivity index (χ0v) is 18.0. The molecule has 3 aromatic rings. The van der Waals surface area contributed by atoms with E-state index in [1.165, 1.54) is 0 Å². The van der Waals surface area contributed by atoms with Crippen LogP contribution >= 0.6 is 15.9 Å². The maximum atomic E-state index is 12.5. The number of ether oxygens (including phenoxy) is 2. The molecule has 0 bridgehead atoms. The van der Waals surface area contributed by atoms with Crippen molar-refractivity contribution in [2.45, 2.75) is 26.8 Å². The Bertz CT molecular complexity index is 960. The fraction of sp³-hybridized carbons (Fsp3) is 0.286. The van der Waals surface area contributed by atoms with Crippen molar-refractivity contribution in [1.82, 2.24) is 14.8 Å². The number of benzene rings is 1. The molecule has 0 saturated heterocycles. The number of anilines is 1. The molecule has 0 unspecified atom stereocenters. The second-order valence-electron chi connectivity index (χ2n) is 6.24. The van der Waals surface area contributed by atoms with Crippen molar-refractivity contribution in [3.05, 3.63) is 64.5 Å². The summed E-state index contributed by atoms with van der Waals surface area (Å²) in [5.41, 5.74) is 1.85. The third-order valence-electron chi connectivity index (χ3n) is 4.04. The summed E-state index contributed by atoms with van der Waals surface area (Å²) in [6.45, 7) is 5.46. The number of nitrogens with zero attached hydrogens (tertiary/aromatic N) is 3. The summed E-state index contributed by atoms with van der Waals surface area (Å²) in [6, 6.07) is 9.30. The van der Waals surface area contributed by atoms with Gasteiger partial charge in [-0.15, -0.1) is 0 Å². The van der Waals surface area contributed by atoms with Crippen LogP contribution in [0.4, 0.5) is 5.82 Å². The van der Waals surface area contributed by atoms with Crippen LogP contribution in [0.2, 0.25) is 0 Å². The van der Waals surface area contributed by atoms with Crippen LogP contribution in [0.1, 0.15) is 25.0 Å². The molecule has 1 N–H and O–H groups in total. The maximum absolute atomic E-state index is 12.5. The number of carbonyl (C=O) groups excluding carboxylic acids is 1. The lowest BCUT2D eigenvalue weighted by Crippen LogP contribution is -2.15. The number of hydrogen-bond donors (Lipinski definition) is 1. The van der Waals surface area contributed by atoms with Crippen LogP contribution in [0, 0.1) is 0 Å². The lowest BCUT2D eigenvalue weighted by molar-refractivity contribution is -0.115. The van der Waals surface area contributed by atoms with Crippen molar-refractivity contribution < 1.29 is 14.3 Å². The van der Waals surface area contributed by atoms with E-state index in [-0.39, 0.29) is 12.3 Å². The summed E-state index contributed by atoms with van der Waals surface area (Å²) in [5, 5.41) is 7.23. The Balaban J connectivity index is 1.65. The van der Waals surface area contributed by atoms with E-state index in [2.05, 4.69) is 31.3 Å². The summed E-state index contributed by atoms with van der Waals surface area (Å²) in [4.78, 5) is 16.6. The summed E-state index contributed by atoms with van der Waals surface area (Å²) in [7, 11) is 0. The number of carbonyl (C=O) groups is 1. The number of hydrogen-bond acceptors (Lipinski definition) is 5. The first kappa shape index (κ1) is 20.9. The van der Waals surface area contributed by atoms with Gasteiger partial charge in [-0.05, 0) is 43.2 Å². The van der Waals surface area contributed by atoms with Crippen molar-refractivity contribution in [3.63, 3.8) is 0 Å². The van der Waals surface area contributed by atoms with Crippen LogP contribution in [-0.2, 0) is 17.8 Å². The molecule has 0 spiro atoms. The fourth-order valence-electron chi connectivity index (χ4n) is 2.80. The number of rotatable bonds is 9. The highest BCUT2D eigenvalue weighted by atomic mass is 79.9. The molecule has 1 amide bonds. The molecule has 0 fully saturated rings. The molecular formula is C21H23BrN4O3. The Hall–Kier alpha value is -2.87. The zero-order valence-electron chi connectivity index (χ0n) is 16.4. The summed E-state index contributed by atoms with van der Waals surface area (Å²) in [5.74, 6) is 1.62. The first-order chi connectivity index (χ1) is 14.1. The minimum absolute atomic E-state index is 0.163. The first-order valence-corrected chi connectivity index (χ1v) is 10.2. The first-order valence-electron chi connectivity index (χ1n) is 9.39. The minimum atomic E-state index is -0.163. The van der Waals surface area contributed by atoms with Crippen molar-refractivity contribution in [1.29, 1.82) is 0 Å². The largest absolute Gasteiger partial charge is 0.490 e. The highest BCUT2D eigenvalue weighted by Gasteiger charge is 2.14. The molecular weight excluding hydrogens is 436 g/mol. The van der Waals surface area contributed by atoms with Gasteiger partial charge in [-0.2, -0.15) is 5.10 Å². The Kier molecular flexibility index (Phi) is 7.24. The molecule has 8 heteroatoms. The molecule has 3 rings (SSSR count). The summed E-state index contributed by atoms with van der Waals surface area (Å²) >= 11 is 3.52. The SMILES string of the molecule is CCOc1cc(Br)c(CC(=O)Nc2ccn(Cc3cccnc3)n2)cc1OCC. The maximum Gasteiger partial charge on any atom is 0.230 e. The van der Waals surface area contributed by atoms with Crippen LogP contribution < -0.4 is 14.8 Å². The van der Waals surface area contributed by atoms with E-state index in [9.17, 15) is 4.79 Å². The Morgan fingerprint density at radius 3 is 2.62 bits per heavy atom. The van der Waals surface area contributed by atoms with E-state index in [1.807, 2.05) is 44.3 Å². The summed E-state index contributed by atoms with van der Waals surface area (Å²) < 4.78 is 13.8. The number of amides is 1. The lowest BCUT2D eigenvalue weighted by Gasteiger charge is -2.14. The Morgan fingerprint density at radius 2 is 1.93 bits per heavy atom. The van der Waals surface area contributed by atoms with Gasteiger partial charge < -0.3 is 14.8 Å². The molecule has 0 aliphatic rings.